The quantitative estimate of drug-likeness (QED) is 0.564. The van der Waals surface area contributed by atoms with Crippen LogP contribution in [0.25, 0.3) is 11.1 Å². The number of carbonyl (C=O) groups is 1. The zero-order valence-electron chi connectivity index (χ0n) is 16.5. The van der Waals surface area contributed by atoms with E-state index in [4.69, 9.17) is 4.74 Å². The van der Waals surface area contributed by atoms with Gasteiger partial charge in [-0.1, -0.05) is 48.5 Å². The molecule has 6 nitrogen and oxygen atoms in total. The Morgan fingerprint density at radius 2 is 1.53 bits per heavy atom. The number of rotatable bonds is 5. The van der Waals surface area contributed by atoms with E-state index < -0.39 is 16.0 Å². The molecule has 1 aliphatic heterocycles. The van der Waals surface area contributed by atoms with E-state index in [0.29, 0.717) is 31.7 Å². The minimum absolute atomic E-state index is 0.0405. The summed E-state index contributed by atoms with van der Waals surface area (Å²) in [6, 6.07) is 19.2. The maximum Gasteiger partial charge on any atom is 0.349 e. The van der Waals surface area contributed by atoms with Gasteiger partial charge in [0.05, 0.1) is 7.11 Å². The number of hydrogen-bond acceptors (Lipinski definition) is 6. The van der Waals surface area contributed by atoms with E-state index in [-0.39, 0.29) is 9.77 Å². The summed E-state index contributed by atoms with van der Waals surface area (Å²) in [7, 11) is -2.61. The van der Waals surface area contributed by atoms with E-state index in [1.54, 1.807) is 5.38 Å². The molecule has 0 radical (unpaired) electrons. The molecule has 0 saturated carbocycles. The Kier molecular flexibility index (Phi) is 5.90. The Hall–Kier alpha value is -2.68. The summed E-state index contributed by atoms with van der Waals surface area (Å²) in [5.74, 6) is -0.635. The van der Waals surface area contributed by atoms with Crippen molar-refractivity contribution in [2.24, 2.45) is 0 Å². The summed E-state index contributed by atoms with van der Waals surface area (Å²) in [5, 5.41) is 1.72. The molecule has 30 heavy (non-hydrogen) atoms. The lowest BCUT2D eigenvalue weighted by atomic mass is 10.1. The molecule has 1 aromatic heterocycles. The maximum atomic E-state index is 13.6. The molecule has 0 atom stereocenters. The summed E-state index contributed by atoms with van der Waals surface area (Å²) in [5.41, 5.74) is 2.36. The smallest absolute Gasteiger partial charge is 0.349 e. The van der Waals surface area contributed by atoms with Gasteiger partial charge in [0, 0.05) is 42.8 Å². The first-order chi connectivity index (χ1) is 14.5. The first kappa shape index (κ1) is 20.6. The highest BCUT2D eigenvalue weighted by Gasteiger charge is 2.36. The SMILES string of the molecule is COC(=O)c1scc(-c2ccccc2)c1S(=O)(=O)N1CCN(c2ccccc2)CC1. The van der Waals surface area contributed by atoms with Crippen molar-refractivity contribution in [1.82, 2.24) is 4.31 Å². The number of ether oxygens (including phenoxy) is 1. The van der Waals surface area contributed by atoms with Crippen LogP contribution in [0.3, 0.4) is 0 Å². The Bertz CT molecular complexity index is 1120. The van der Waals surface area contributed by atoms with Crippen LogP contribution < -0.4 is 4.90 Å². The van der Waals surface area contributed by atoms with Crippen molar-refractivity contribution in [2.75, 3.05) is 38.2 Å². The number of carbonyl (C=O) groups excluding carboxylic acids is 1. The largest absolute Gasteiger partial charge is 0.465 e. The summed E-state index contributed by atoms with van der Waals surface area (Å²) in [6.07, 6.45) is 0. The molecule has 156 valence electrons. The lowest BCUT2D eigenvalue weighted by Crippen LogP contribution is -2.48. The number of benzene rings is 2. The third-order valence-corrected chi connectivity index (χ3v) is 8.23. The number of thiophene rings is 1. The molecule has 3 aromatic rings. The van der Waals surface area contributed by atoms with Crippen molar-refractivity contribution < 1.29 is 17.9 Å². The highest BCUT2D eigenvalue weighted by molar-refractivity contribution is 7.89. The topological polar surface area (TPSA) is 66.9 Å². The van der Waals surface area contributed by atoms with Gasteiger partial charge in [0.2, 0.25) is 10.0 Å². The molecule has 0 amide bonds. The normalized spacial score (nSPS) is 15.2. The van der Waals surface area contributed by atoms with E-state index in [1.807, 2.05) is 60.7 Å². The fraction of sp³-hybridized carbons (Fsp3) is 0.227. The Labute approximate surface area is 180 Å². The summed E-state index contributed by atoms with van der Waals surface area (Å²) >= 11 is 1.10. The number of para-hydroxylation sites is 1. The Morgan fingerprint density at radius 1 is 0.933 bits per heavy atom. The zero-order valence-corrected chi connectivity index (χ0v) is 18.2. The molecule has 4 rings (SSSR count). The number of hydrogen-bond donors (Lipinski definition) is 0. The standard InChI is InChI=1S/C22H22N2O4S2/c1-28-22(25)20-21(19(16-29-20)17-8-4-2-5-9-17)30(26,27)24-14-12-23(13-15-24)18-10-6-3-7-11-18/h2-11,16H,12-15H2,1H3. The van der Waals surface area contributed by atoms with Crippen LogP contribution in [0.1, 0.15) is 9.67 Å². The zero-order chi connectivity index (χ0) is 21.1. The van der Waals surface area contributed by atoms with Gasteiger partial charge in [0.25, 0.3) is 0 Å². The third-order valence-electron chi connectivity index (χ3n) is 5.16. The molecular formula is C22H22N2O4S2. The second-order valence-electron chi connectivity index (χ2n) is 6.89. The average Bonchev–Trinajstić information content (AvgIpc) is 3.26. The summed E-state index contributed by atoms with van der Waals surface area (Å²) in [6.45, 7) is 1.87. The lowest BCUT2D eigenvalue weighted by molar-refractivity contribution is 0.0602. The van der Waals surface area contributed by atoms with Crippen LogP contribution >= 0.6 is 11.3 Å². The number of anilines is 1. The molecule has 1 saturated heterocycles. The molecule has 0 aliphatic carbocycles. The fourth-order valence-corrected chi connectivity index (χ4v) is 6.70. The summed E-state index contributed by atoms with van der Waals surface area (Å²) < 4.78 is 33.6. The van der Waals surface area contributed by atoms with Gasteiger partial charge in [-0.25, -0.2) is 13.2 Å². The van der Waals surface area contributed by atoms with Crippen LogP contribution in [0.2, 0.25) is 0 Å². The van der Waals surface area contributed by atoms with E-state index in [2.05, 4.69) is 4.90 Å². The number of methoxy groups -OCH3 is 1. The number of sulfonamides is 1. The maximum absolute atomic E-state index is 13.6. The van der Waals surface area contributed by atoms with Gasteiger partial charge >= 0.3 is 5.97 Å². The van der Waals surface area contributed by atoms with E-state index in [9.17, 15) is 13.2 Å². The number of piperazine rings is 1. The Morgan fingerprint density at radius 3 is 2.13 bits per heavy atom. The first-order valence-electron chi connectivity index (χ1n) is 9.57. The average molecular weight is 443 g/mol. The van der Waals surface area contributed by atoms with Crippen LogP contribution in [-0.2, 0) is 14.8 Å². The molecule has 1 aliphatic rings. The van der Waals surface area contributed by atoms with E-state index in [0.717, 1.165) is 22.6 Å². The van der Waals surface area contributed by atoms with Gasteiger partial charge in [-0.05, 0) is 17.7 Å². The van der Waals surface area contributed by atoms with Gasteiger partial charge in [-0.3, -0.25) is 0 Å². The molecule has 0 N–H and O–H groups in total. The van der Waals surface area contributed by atoms with Crippen LogP contribution in [0.15, 0.2) is 70.9 Å². The van der Waals surface area contributed by atoms with Crippen molar-refractivity contribution in [2.45, 2.75) is 4.90 Å². The molecule has 8 heteroatoms. The molecule has 0 bridgehead atoms. The minimum Gasteiger partial charge on any atom is -0.465 e. The van der Waals surface area contributed by atoms with Gasteiger partial charge in [-0.15, -0.1) is 11.3 Å². The molecule has 1 fully saturated rings. The van der Waals surface area contributed by atoms with Gasteiger partial charge in [-0.2, -0.15) is 4.31 Å². The van der Waals surface area contributed by atoms with E-state index >= 15 is 0 Å². The highest BCUT2D eigenvalue weighted by Crippen LogP contribution is 2.37. The first-order valence-corrected chi connectivity index (χ1v) is 11.9. The molecule has 2 aromatic carbocycles. The number of nitrogens with zero attached hydrogens (tertiary/aromatic N) is 2. The monoisotopic (exact) mass is 442 g/mol. The third kappa shape index (κ3) is 3.86. The van der Waals surface area contributed by atoms with Crippen molar-refractivity contribution in [1.29, 1.82) is 0 Å². The summed E-state index contributed by atoms with van der Waals surface area (Å²) in [4.78, 5) is 14.7. The van der Waals surface area contributed by atoms with Crippen molar-refractivity contribution >= 4 is 33.0 Å². The fourth-order valence-electron chi connectivity index (χ4n) is 3.61. The highest BCUT2D eigenvalue weighted by atomic mass is 32.2. The van der Waals surface area contributed by atoms with Crippen LogP contribution in [0.5, 0.6) is 0 Å². The van der Waals surface area contributed by atoms with Crippen LogP contribution in [0.4, 0.5) is 5.69 Å². The van der Waals surface area contributed by atoms with Crippen LogP contribution in [0, 0.1) is 0 Å². The minimum atomic E-state index is -3.87. The molecule has 2 heterocycles. The predicted molar refractivity (Wildman–Crippen MR) is 119 cm³/mol. The molecule has 0 spiro atoms. The van der Waals surface area contributed by atoms with Gasteiger partial charge in [0.15, 0.2) is 0 Å². The predicted octanol–water partition coefficient (Wildman–Crippen LogP) is 3.71. The van der Waals surface area contributed by atoms with Gasteiger partial charge < -0.3 is 9.64 Å². The van der Waals surface area contributed by atoms with Crippen LogP contribution in [-0.4, -0.2) is 52.0 Å². The second-order valence-corrected chi connectivity index (χ2v) is 9.65. The van der Waals surface area contributed by atoms with Crippen molar-refractivity contribution in [3.63, 3.8) is 0 Å². The van der Waals surface area contributed by atoms with Gasteiger partial charge in [0.1, 0.15) is 9.77 Å². The Balaban J connectivity index is 1.67. The second kappa shape index (κ2) is 8.59. The molecular weight excluding hydrogens is 420 g/mol. The van der Waals surface area contributed by atoms with Crippen molar-refractivity contribution in [3.05, 3.63) is 70.9 Å². The lowest BCUT2D eigenvalue weighted by Gasteiger charge is -2.35. The van der Waals surface area contributed by atoms with E-state index in [1.165, 1.54) is 11.4 Å². The number of esters is 1. The van der Waals surface area contributed by atoms with Crippen molar-refractivity contribution in [3.8, 4) is 11.1 Å². The molecule has 0 unspecified atom stereocenters.